The van der Waals surface area contributed by atoms with Crippen LogP contribution in [0.1, 0.15) is 37.9 Å². The van der Waals surface area contributed by atoms with Crippen molar-refractivity contribution in [1.29, 1.82) is 0 Å². The van der Waals surface area contributed by atoms with Crippen LogP contribution in [0.3, 0.4) is 0 Å². The van der Waals surface area contributed by atoms with Crippen LogP contribution in [0.5, 0.6) is 11.6 Å². The molecule has 2 aromatic rings. The molecule has 30 heavy (non-hydrogen) atoms. The van der Waals surface area contributed by atoms with Crippen LogP contribution in [-0.4, -0.2) is 48.1 Å². The third kappa shape index (κ3) is 4.41. The molecule has 162 valence electrons. The number of anilines is 1. The Morgan fingerprint density at radius 2 is 1.83 bits per heavy atom. The summed E-state index contributed by atoms with van der Waals surface area (Å²) >= 11 is 0. The Hall–Kier alpha value is -2.26. The van der Waals surface area contributed by atoms with Crippen molar-refractivity contribution in [1.82, 2.24) is 14.3 Å². The van der Waals surface area contributed by atoms with Gasteiger partial charge in [0, 0.05) is 32.6 Å². The molecular weight excluding hydrogens is 407 g/mol. The Bertz CT molecular complexity index is 1010. The van der Waals surface area contributed by atoms with Crippen LogP contribution in [0, 0.1) is 11.7 Å². The van der Waals surface area contributed by atoms with Gasteiger partial charge in [0.2, 0.25) is 21.9 Å². The van der Waals surface area contributed by atoms with Gasteiger partial charge >= 0.3 is 0 Å². The maximum atomic E-state index is 13.3. The van der Waals surface area contributed by atoms with Gasteiger partial charge in [-0.05, 0) is 49.9 Å². The fourth-order valence-electron chi connectivity index (χ4n) is 3.82. The van der Waals surface area contributed by atoms with Gasteiger partial charge in [-0.3, -0.25) is 0 Å². The van der Waals surface area contributed by atoms with Gasteiger partial charge < -0.3 is 9.64 Å². The molecule has 0 amide bonds. The van der Waals surface area contributed by atoms with Crippen molar-refractivity contribution >= 4 is 16.0 Å². The zero-order chi connectivity index (χ0) is 21.3. The predicted molar refractivity (Wildman–Crippen MR) is 113 cm³/mol. The average Bonchev–Trinajstić information content (AvgIpc) is 2.75. The molecule has 0 atom stereocenters. The Morgan fingerprint density at radius 1 is 1.13 bits per heavy atom. The molecule has 1 aromatic heterocycles. The number of piperidine rings is 1. The summed E-state index contributed by atoms with van der Waals surface area (Å²) in [5.41, 5.74) is 1.50. The number of rotatable bonds is 5. The second-order valence-corrected chi connectivity index (χ2v) is 10.2. The molecule has 0 bridgehead atoms. The van der Waals surface area contributed by atoms with Gasteiger partial charge in [0.25, 0.3) is 0 Å². The van der Waals surface area contributed by atoms with E-state index < -0.39 is 10.0 Å². The Balaban J connectivity index is 1.70. The Labute approximate surface area is 176 Å². The van der Waals surface area contributed by atoms with Crippen molar-refractivity contribution in [2.75, 3.05) is 30.3 Å². The van der Waals surface area contributed by atoms with Crippen LogP contribution >= 0.6 is 0 Å². The predicted octanol–water partition coefficient (Wildman–Crippen LogP) is 3.35. The molecule has 0 saturated carbocycles. The maximum absolute atomic E-state index is 13.3. The lowest BCUT2D eigenvalue weighted by molar-refractivity contribution is 0.368. The fraction of sp³-hybridized carbons (Fsp3) is 0.524. The number of fused-ring (bicyclic) bond motifs is 1. The summed E-state index contributed by atoms with van der Waals surface area (Å²) in [6, 6.07) is 5.72. The molecule has 9 heteroatoms. The van der Waals surface area contributed by atoms with Crippen molar-refractivity contribution in [2.24, 2.45) is 5.92 Å². The molecule has 0 radical (unpaired) electrons. The number of halogens is 1. The summed E-state index contributed by atoms with van der Waals surface area (Å²) < 4.78 is 45.6. The van der Waals surface area contributed by atoms with Gasteiger partial charge in [-0.25, -0.2) is 17.8 Å². The van der Waals surface area contributed by atoms with Crippen LogP contribution in [0.4, 0.5) is 10.3 Å². The van der Waals surface area contributed by atoms with E-state index in [0.29, 0.717) is 42.0 Å². The van der Waals surface area contributed by atoms with Crippen LogP contribution in [-0.2, 0) is 23.0 Å². The topological polar surface area (TPSA) is 75.6 Å². The second kappa shape index (κ2) is 8.47. The molecule has 0 unspecified atom stereocenters. The standard InChI is InChI=1S/C21H27FN4O3S/c1-3-30(27,28)26-13-10-19-18(14-26)20(29-17-6-4-16(22)5-7-17)24-21(23-19)25-11-8-15(2)9-12-25/h4-7,15H,3,8-14H2,1-2H3. The van der Waals surface area contributed by atoms with E-state index in [-0.39, 0.29) is 18.1 Å². The molecule has 3 heterocycles. The van der Waals surface area contributed by atoms with E-state index in [0.717, 1.165) is 31.6 Å². The molecule has 0 aliphatic carbocycles. The minimum Gasteiger partial charge on any atom is -0.438 e. The van der Waals surface area contributed by atoms with E-state index in [1.165, 1.54) is 28.6 Å². The quantitative estimate of drug-likeness (QED) is 0.718. The highest BCUT2D eigenvalue weighted by Crippen LogP contribution is 2.33. The number of nitrogens with zero attached hydrogens (tertiary/aromatic N) is 4. The molecule has 2 aliphatic rings. The molecule has 2 aliphatic heterocycles. The number of aromatic nitrogens is 2. The normalized spacial score (nSPS) is 18.3. The van der Waals surface area contributed by atoms with Gasteiger partial charge in [-0.15, -0.1) is 0 Å². The minimum atomic E-state index is -3.33. The lowest BCUT2D eigenvalue weighted by Gasteiger charge is -2.32. The highest BCUT2D eigenvalue weighted by molar-refractivity contribution is 7.89. The van der Waals surface area contributed by atoms with Crippen LogP contribution in [0.15, 0.2) is 24.3 Å². The third-order valence-corrected chi connectivity index (χ3v) is 7.66. The first kappa shape index (κ1) is 21.0. The SMILES string of the molecule is CCS(=O)(=O)N1CCc2nc(N3CCC(C)CC3)nc(Oc3ccc(F)cc3)c2C1. The summed E-state index contributed by atoms with van der Waals surface area (Å²) in [5.74, 6) is 1.78. The van der Waals surface area contributed by atoms with Gasteiger partial charge in [0.05, 0.1) is 17.0 Å². The fourth-order valence-corrected chi connectivity index (χ4v) is 4.88. The van der Waals surface area contributed by atoms with Crippen LogP contribution in [0.2, 0.25) is 0 Å². The number of sulfonamides is 1. The molecule has 1 saturated heterocycles. The average molecular weight is 435 g/mol. The first-order valence-corrected chi connectivity index (χ1v) is 12.0. The first-order chi connectivity index (χ1) is 14.4. The minimum absolute atomic E-state index is 0.0430. The zero-order valence-electron chi connectivity index (χ0n) is 17.3. The van der Waals surface area contributed by atoms with E-state index in [1.54, 1.807) is 6.92 Å². The van der Waals surface area contributed by atoms with Gasteiger partial charge in [-0.2, -0.15) is 9.29 Å². The maximum Gasteiger partial charge on any atom is 0.228 e. The number of hydrogen-bond acceptors (Lipinski definition) is 6. The van der Waals surface area contributed by atoms with Crippen molar-refractivity contribution < 1.29 is 17.5 Å². The van der Waals surface area contributed by atoms with Crippen LogP contribution < -0.4 is 9.64 Å². The van der Waals surface area contributed by atoms with Crippen molar-refractivity contribution in [3.8, 4) is 11.6 Å². The number of ether oxygens (including phenoxy) is 1. The van der Waals surface area contributed by atoms with E-state index >= 15 is 0 Å². The smallest absolute Gasteiger partial charge is 0.228 e. The Kier molecular flexibility index (Phi) is 5.92. The monoisotopic (exact) mass is 434 g/mol. The summed E-state index contributed by atoms with van der Waals surface area (Å²) in [6.07, 6.45) is 2.67. The lowest BCUT2D eigenvalue weighted by atomic mass is 9.99. The molecule has 1 aromatic carbocycles. The summed E-state index contributed by atoms with van der Waals surface area (Å²) in [5, 5.41) is 0. The van der Waals surface area contributed by atoms with Crippen LogP contribution in [0.25, 0.3) is 0 Å². The molecule has 7 nitrogen and oxygen atoms in total. The lowest BCUT2D eigenvalue weighted by Crippen LogP contribution is -2.38. The highest BCUT2D eigenvalue weighted by atomic mass is 32.2. The largest absolute Gasteiger partial charge is 0.438 e. The van der Waals surface area contributed by atoms with E-state index in [1.807, 2.05) is 0 Å². The molecule has 0 N–H and O–H groups in total. The highest BCUT2D eigenvalue weighted by Gasteiger charge is 2.31. The molecular formula is C21H27FN4O3S. The zero-order valence-corrected chi connectivity index (χ0v) is 18.2. The van der Waals surface area contributed by atoms with E-state index in [4.69, 9.17) is 9.72 Å². The Morgan fingerprint density at radius 3 is 2.50 bits per heavy atom. The summed E-state index contributed by atoms with van der Waals surface area (Å²) in [6.45, 7) is 6.22. The van der Waals surface area contributed by atoms with E-state index in [9.17, 15) is 12.8 Å². The third-order valence-electron chi connectivity index (χ3n) is 5.83. The summed E-state index contributed by atoms with van der Waals surface area (Å²) in [7, 11) is -3.33. The van der Waals surface area contributed by atoms with Crippen molar-refractivity contribution in [3.63, 3.8) is 0 Å². The molecule has 4 rings (SSSR count). The molecule has 1 fully saturated rings. The van der Waals surface area contributed by atoms with Gasteiger partial charge in [0.15, 0.2) is 0 Å². The number of hydrogen-bond donors (Lipinski definition) is 0. The van der Waals surface area contributed by atoms with Gasteiger partial charge in [0.1, 0.15) is 11.6 Å². The number of benzene rings is 1. The first-order valence-electron chi connectivity index (χ1n) is 10.4. The van der Waals surface area contributed by atoms with Crippen molar-refractivity contribution in [2.45, 2.75) is 39.7 Å². The van der Waals surface area contributed by atoms with E-state index in [2.05, 4.69) is 16.8 Å². The summed E-state index contributed by atoms with van der Waals surface area (Å²) in [4.78, 5) is 11.6. The second-order valence-electron chi connectivity index (χ2n) is 7.96. The molecule has 0 spiro atoms. The van der Waals surface area contributed by atoms with Crippen molar-refractivity contribution in [3.05, 3.63) is 41.3 Å². The van der Waals surface area contributed by atoms with Gasteiger partial charge in [-0.1, -0.05) is 6.92 Å².